The lowest BCUT2D eigenvalue weighted by atomic mass is 9.97. The zero-order valence-electron chi connectivity index (χ0n) is 14.4. The average Bonchev–Trinajstić information content (AvgIpc) is 3.12. The molecular weight excluding hydrogens is 312 g/mol. The van der Waals surface area contributed by atoms with Crippen LogP contribution in [0.2, 0.25) is 0 Å². The van der Waals surface area contributed by atoms with Crippen molar-refractivity contribution in [3.05, 3.63) is 35.9 Å². The van der Waals surface area contributed by atoms with Crippen LogP contribution in [-0.4, -0.2) is 47.7 Å². The van der Waals surface area contributed by atoms with E-state index in [-0.39, 0.29) is 6.10 Å². The first-order valence-corrected chi connectivity index (χ1v) is 8.33. The Kier molecular flexibility index (Phi) is 3.59. The summed E-state index contributed by atoms with van der Waals surface area (Å²) in [6.07, 6.45) is -1.88. The van der Waals surface area contributed by atoms with Crippen LogP contribution in [0, 0.1) is 0 Å². The van der Waals surface area contributed by atoms with Crippen molar-refractivity contribution in [3.8, 4) is 0 Å². The molecule has 1 unspecified atom stereocenters. The fourth-order valence-corrected chi connectivity index (χ4v) is 3.75. The predicted octanol–water partition coefficient (Wildman–Crippen LogP) is 1.90. The van der Waals surface area contributed by atoms with Crippen molar-refractivity contribution in [2.24, 2.45) is 0 Å². The van der Waals surface area contributed by atoms with Gasteiger partial charge in [-0.2, -0.15) is 0 Å². The fourth-order valence-electron chi connectivity index (χ4n) is 3.75. The SMILES string of the molecule is CC1(C)OC[C@H]([C@H]2OC(O)(c3ccccc3)[C@H]3OC(C)(C)O[C@@H]23)O1. The molecule has 0 aromatic heterocycles. The summed E-state index contributed by atoms with van der Waals surface area (Å²) in [6.45, 7) is 7.78. The highest BCUT2D eigenvalue weighted by Gasteiger charge is 2.65. The summed E-state index contributed by atoms with van der Waals surface area (Å²) in [6, 6.07) is 9.26. The molecule has 1 N–H and O–H groups in total. The second kappa shape index (κ2) is 5.24. The van der Waals surface area contributed by atoms with Crippen molar-refractivity contribution in [1.82, 2.24) is 0 Å². The molecule has 3 heterocycles. The van der Waals surface area contributed by atoms with E-state index in [4.69, 9.17) is 23.7 Å². The van der Waals surface area contributed by atoms with Crippen LogP contribution in [0.15, 0.2) is 30.3 Å². The second-order valence-corrected chi connectivity index (χ2v) is 7.53. The van der Waals surface area contributed by atoms with Crippen molar-refractivity contribution >= 4 is 0 Å². The highest BCUT2D eigenvalue weighted by molar-refractivity contribution is 5.25. The maximum atomic E-state index is 11.3. The number of rotatable bonds is 2. The van der Waals surface area contributed by atoms with Gasteiger partial charge in [-0.05, 0) is 27.7 Å². The Hall–Kier alpha value is -1.02. The van der Waals surface area contributed by atoms with Crippen LogP contribution in [0.4, 0.5) is 0 Å². The minimum absolute atomic E-state index is 0.331. The summed E-state index contributed by atoms with van der Waals surface area (Å²) < 4.78 is 29.7. The smallest absolute Gasteiger partial charge is 0.222 e. The molecule has 6 nitrogen and oxygen atoms in total. The van der Waals surface area contributed by atoms with Crippen molar-refractivity contribution in [1.29, 1.82) is 0 Å². The molecule has 3 aliphatic rings. The van der Waals surface area contributed by atoms with Gasteiger partial charge in [-0.3, -0.25) is 0 Å². The van der Waals surface area contributed by atoms with Gasteiger partial charge in [0, 0.05) is 5.56 Å². The summed E-state index contributed by atoms with van der Waals surface area (Å²) in [5.41, 5.74) is 0.641. The highest BCUT2D eigenvalue weighted by Crippen LogP contribution is 2.49. The van der Waals surface area contributed by atoms with E-state index in [1.165, 1.54) is 0 Å². The van der Waals surface area contributed by atoms with Crippen molar-refractivity contribution in [3.63, 3.8) is 0 Å². The van der Waals surface area contributed by atoms with E-state index in [9.17, 15) is 5.11 Å². The normalized spacial score (nSPS) is 43.0. The van der Waals surface area contributed by atoms with Gasteiger partial charge in [0.25, 0.3) is 0 Å². The molecule has 0 saturated carbocycles. The second-order valence-electron chi connectivity index (χ2n) is 7.53. The molecule has 0 spiro atoms. The number of ether oxygens (including phenoxy) is 5. The third-order valence-electron chi connectivity index (χ3n) is 4.74. The Labute approximate surface area is 141 Å². The van der Waals surface area contributed by atoms with Crippen molar-refractivity contribution in [2.75, 3.05) is 6.61 Å². The summed E-state index contributed by atoms with van der Waals surface area (Å²) in [7, 11) is 0. The van der Waals surface area contributed by atoms with E-state index in [1.54, 1.807) is 0 Å². The number of aliphatic hydroxyl groups is 1. The first-order chi connectivity index (χ1) is 11.2. The highest BCUT2D eigenvalue weighted by atomic mass is 16.8. The summed E-state index contributed by atoms with van der Waals surface area (Å²) in [4.78, 5) is 0. The lowest BCUT2D eigenvalue weighted by Gasteiger charge is -2.31. The predicted molar refractivity (Wildman–Crippen MR) is 83.9 cm³/mol. The molecule has 0 bridgehead atoms. The molecule has 132 valence electrons. The summed E-state index contributed by atoms with van der Waals surface area (Å²) in [5, 5.41) is 11.3. The van der Waals surface area contributed by atoms with Crippen LogP contribution in [0.5, 0.6) is 0 Å². The van der Waals surface area contributed by atoms with Crippen LogP contribution in [0.25, 0.3) is 0 Å². The number of hydrogen-bond donors (Lipinski definition) is 1. The zero-order valence-corrected chi connectivity index (χ0v) is 14.4. The molecule has 0 amide bonds. The summed E-state index contributed by atoms with van der Waals surface area (Å²) >= 11 is 0. The van der Waals surface area contributed by atoms with Gasteiger partial charge in [-0.25, -0.2) is 0 Å². The fraction of sp³-hybridized carbons (Fsp3) is 0.667. The Morgan fingerprint density at radius 2 is 1.58 bits per heavy atom. The molecule has 1 aromatic rings. The number of benzene rings is 1. The molecule has 24 heavy (non-hydrogen) atoms. The van der Waals surface area contributed by atoms with Crippen LogP contribution < -0.4 is 0 Å². The Bertz CT molecular complexity index is 615. The van der Waals surface area contributed by atoms with Gasteiger partial charge in [0.1, 0.15) is 24.4 Å². The van der Waals surface area contributed by atoms with E-state index in [0.717, 1.165) is 0 Å². The lowest BCUT2D eigenvalue weighted by molar-refractivity contribution is -0.291. The third-order valence-corrected chi connectivity index (χ3v) is 4.74. The van der Waals surface area contributed by atoms with Gasteiger partial charge < -0.3 is 28.8 Å². The number of hydrogen-bond acceptors (Lipinski definition) is 6. The zero-order chi connectivity index (χ0) is 17.2. The topological polar surface area (TPSA) is 66.4 Å². The Morgan fingerprint density at radius 3 is 2.21 bits per heavy atom. The molecule has 0 aliphatic carbocycles. The van der Waals surface area contributed by atoms with E-state index < -0.39 is 35.7 Å². The van der Waals surface area contributed by atoms with Gasteiger partial charge in [-0.15, -0.1) is 0 Å². The molecular formula is C18H24O6. The molecule has 3 fully saturated rings. The Morgan fingerprint density at radius 1 is 0.875 bits per heavy atom. The van der Waals surface area contributed by atoms with E-state index in [0.29, 0.717) is 12.2 Å². The maximum absolute atomic E-state index is 11.3. The average molecular weight is 336 g/mol. The minimum Gasteiger partial charge on any atom is -0.360 e. The number of fused-ring (bicyclic) bond motifs is 1. The molecule has 4 rings (SSSR count). The Balaban J connectivity index is 1.68. The molecule has 6 heteroatoms. The van der Waals surface area contributed by atoms with Gasteiger partial charge in [-0.1, -0.05) is 30.3 Å². The largest absolute Gasteiger partial charge is 0.360 e. The van der Waals surface area contributed by atoms with Crippen LogP contribution >= 0.6 is 0 Å². The lowest BCUT2D eigenvalue weighted by Crippen LogP contribution is -2.41. The first kappa shape index (κ1) is 16.4. The monoisotopic (exact) mass is 336 g/mol. The van der Waals surface area contributed by atoms with Gasteiger partial charge in [0.2, 0.25) is 5.79 Å². The molecule has 3 aliphatic heterocycles. The van der Waals surface area contributed by atoms with Crippen molar-refractivity contribution in [2.45, 2.75) is 69.5 Å². The van der Waals surface area contributed by atoms with Crippen molar-refractivity contribution < 1.29 is 28.8 Å². The van der Waals surface area contributed by atoms with E-state index >= 15 is 0 Å². The first-order valence-electron chi connectivity index (χ1n) is 8.33. The van der Waals surface area contributed by atoms with E-state index in [2.05, 4.69) is 0 Å². The minimum atomic E-state index is -1.58. The van der Waals surface area contributed by atoms with Gasteiger partial charge >= 0.3 is 0 Å². The van der Waals surface area contributed by atoms with Crippen LogP contribution in [0.3, 0.4) is 0 Å². The standard InChI is InChI=1S/C18H24O6/c1-16(2)20-10-12(21-16)13-14-15(24-17(3,4)22-14)18(19,23-13)11-8-6-5-7-9-11/h5-9,12-15,19H,10H2,1-4H3/t12-,13-,14+,15+,18?/m1/s1. The van der Waals surface area contributed by atoms with Crippen LogP contribution in [-0.2, 0) is 29.5 Å². The maximum Gasteiger partial charge on any atom is 0.222 e. The quantitative estimate of drug-likeness (QED) is 0.890. The van der Waals surface area contributed by atoms with Gasteiger partial charge in [0.15, 0.2) is 11.6 Å². The molecule has 5 atom stereocenters. The molecule has 0 radical (unpaired) electrons. The van der Waals surface area contributed by atoms with E-state index in [1.807, 2.05) is 58.0 Å². The summed E-state index contributed by atoms with van der Waals surface area (Å²) in [5.74, 6) is -3.05. The van der Waals surface area contributed by atoms with Gasteiger partial charge in [0.05, 0.1) is 6.61 Å². The molecule has 3 saturated heterocycles. The third kappa shape index (κ3) is 2.58. The molecule has 1 aromatic carbocycles. The van der Waals surface area contributed by atoms with Crippen LogP contribution in [0.1, 0.15) is 33.3 Å².